The first-order chi connectivity index (χ1) is 6.27. The Hall–Kier alpha value is -0.380. The van der Waals surface area contributed by atoms with Gasteiger partial charge in [-0.25, -0.2) is 0 Å². The van der Waals surface area contributed by atoms with E-state index in [1.54, 1.807) is 0 Å². The molecule has 0 aromatic heterocycles. The molecule has 76 valence electrons. The summed E-state index contributed by atoms with van der Waals surface area (Å²) in [7, 11) is 0. The Morgan fingerprint density at radius 3 is 3.00 bits per heavy atom. The summed E-state index contributed by atoms with van der Waals surface area (Å²) >= 11 is 0. The van der Waals surface area contributed by atoms with Gasteiger partial charge >= 0.3 is 0 Å². The van der Waals surface area contributed by atoms with Gasteiger partial charge in [-0.1, -0.05) is 13.0 Å². The van der Waals surface area contributed by atoms with E-state index in [9.17, 15) is 5.11 Å². The van der Waals surface area contributed by atoms with Crippen LogP contribution in [0.15, 0.2) is 12.7 Å². The molecule has 2 N–H and O–H groups in total. The molecule has 1 aliphatic rings. The van der Waals surface area contributed by atoms with Crippen molar-refractivity contribution in [1.29, 1.82) is 0 Å². The van der Waals surface area contributed by atoms with E-state index in [2.05, 4.69) is 23.7 Å². The second-order valence-electron chi connectivity index (χ2n) is 3.84. The molecular weight excluding hydrogens is 164 g/mol. The number of aliphatic hydroxyl groups excluding tert-OH is 1. The summed E-state index contributed by atoms with van der Waals surface area (Å²) < 4.78 is 0. The van der Waals surface area contributed by atoms with E-state index in [1.807, 2.05) is 6.08 Å². The summed E-state index contributed by atoms with van der Waals surface area (Å²) in [5.41, 5.74) is 0. The number of hydrogen-bond acceptors (Lipinski definition) is 3. The molecule has 3 heteroatoms. The third-order valence-electron chi connectivity index (χ3n) is 2.51. The van der Waals surface area contributed by atoms with Crippen molar-refractivity contribution in [3.63, 3.8) is 0 Å². The Kier molecular flexibility index (Phi) is 4.42. The fourth-order valence-electron chi connectivity index (χ4n) is 1.81. The summed E-state index contributed by atoms with van der Waals surface area (Å²) in [6.45, 7) is 10.0. The minimum Gasteiger partial charge on any atom is -0.395 e. The summed E-state index contributed by atoms with van der Waals surface area (Å²) in [4.78, 5) is 2.29. The van der Waals surface area contributed by atoms with Crippen molar-refractivity contribution in [1.82, 2.24) is 10.2 Å². The van der Waals surface area contributed by atoms with Gasteiger partial charge in [0.25, 0.3) is 0 Å². The van der Waals surface area contributed by atoms with E-state index in [-0.39, 0.29) is 12.6 Å². The highest BCUT2D eigenvalue weighted by Crippen LogP contribution is 2.07. The van der Waals surface area contributed by atoms with Gasteiger partial charge in [0.05, 0.1) is 6.61 Å². The molecule has 1 saturated heterocycles. The monoisotopic (exact) mass is 184 g/mol. The van der Waals surface area contributed by atoms with E-state index in [0.717, 1.165) is 26.2 Å². The summed E-state index contributed by atoms with van der Waals surface area (Å²) in [6, 6.07) is 0.253. The molecule has 0 saturated carbocycles. The molecule has 2 atom stereocenters. The van der Waals surface area contributed by atoms with Gasteiger partial charge in [-0.05, 0) is 12.5 Å². The van der Waals surface area contributed by atoms with Crippen LogP contribution in [-0.4, -0.2) is 48.8 Å². The van der Waals surface area contributed by atoms with Gasteiger partial charge < -0.3 is 10.4 Å². The van der Waals surface area contributed by atoms with Crippen LogP contribution in [0.25, 0.3) is 0 Å². The number of rotatable bonds is 3. The van der Waals surface area contributed by atoms with E-state index >= 15 is 0 Å². The van der Waals surface area contributed by atoms with E-state index in [4.69, 9.17) is 0 Å². The highest BCUT2D eigenvalue weighted by atomic mass is 16.3. The molecule has 0 aromatic carbocycles. The maximum absolute atomic E-state index is 9.18. The summed E-state index contributed by atoms with van der Waals surface area (Å²) in [5, 5.41) is 12.5. The lowest BCUT2D eigenvalue weighted by atomic mass is 10.1. The average molecular weight is 184 g/mol. The lowest BCUT2D eigenvalue weighted by molar-refractivity contribution is 0.136. The number of nitrogens with zero attached hydrogens (tertiary/aromatic N) is 1. The minimum atomic E-state index is 0.230. The van der Waals surface area contributed by atoms with Gasteiger partial charge in [-0.15, -0.1) is 6.58 Å². The van der Waals surface area contributed by atoms with E-state index in [0.29, 0.717) is 5.92 Å². The zero-order chi connectivity index (χ0) is 9.68. The Morgan fingerprint density at radius 2 is 2.38 bits per heavy atom. The predicted octanol–water partition coefficient (Wildman–Crippen LogP) is 0.0746. The van der Waals surface area contributed by atoms with Crippen molar-refractivity contribution < 1.29 is 5.11 Å². The molecule has 0 amide bonds. The Bertz CT molecular complexity index is 161. The highest BCUT2D eigenvalue weighted by molar-refractivity contribution is 4.84. The molecule has 0 spiro atoms. The van der Waals surface area contributed by atoms with Gasteiger partial charge in [0.15, 0.2) is 0 Å². The first kappa shape index (κ1) is 10.7. The van der Waals surface area contributed by atoms with Crippen LogP contribution in [0, 0.1) is 5.92 Å². The Labute approximate surface area is 80.4 Å². The van der Waals surface area contributed by atoms with E-state index in [1.165, 1.54) is 0 Å². The summed E-state index contributed by atoms with van der Waals surface area (Å²) in [5.74, 6) is 0.650. The quantitative estimate of drug-likeness (QED) is 0.610. The molecule has 0 bridgehead atoms. The first-order valence-electron chi connectivity index (χ1n) is 4.94. The van der Waals surface area contributed by atoms with Crippen molar-refractivity contribution in [2.75, 3.05) is 32.8 Å². The predicted molar refractivity (Wildman–Crippen MR) is 54.7 cm³/mol. The van der Waals surface area contributed by atoms with Crippen LogP contribution >= 0.6 is 0 Å². The molecule has 2 unspecified atom stereocenters. The molecule has 1 rings (SSSR count). The number of nitrogens with one attached hydrogen (secondary N) is 1. The van der Waals surface area contributed by atoms with Gasteiger partial charge in [0, 0.05) is 25.7 Å². The van der Waals surface area contributed by atoms with Crippen molar-refractivity contribution in [3.05, 3.63) is 12.7 Å². The normalized spacial score (nSPS) is 31.2. The van der Waals surface area contributed by atoms with Crippen LogP contribution in [0.3, 0.4) is 0 Å². The Balaban J connectivity index is 2.53. The van der Waals surface area contributed by atoms with Crippen LogP contribution in [0.2, 0.25) is 0 Å². The van der Waals surface area contributed by atoms with Crippen molar-refractivity contribution in [3.8, 4) is 0 Å². The smallest absolute Gasteiger partial charge is 0.0599 e. The van der Waals surface area contributed by atoms with Gasteiger partial charge in [-0.3, -0.25) is 4.90 Å². The zero-order valence-electron chi connectivity index (χ0n) is 8.37. The van der Waals surface area contributed by atoms with Gasteiger partial charge in [-0.2, -0.15) is 0 Å². The third kappa shape index (κ3) is 3.10. The molecule has 1 fully saturated rings. The first-order valence-corrected chi connectivity index (χ1v) is 4.94. The van der Waals surface area contributed by atoms with Crippen LogP contribution < -0.4 is 5.32 Å². The van der Waals surface area contributed by atoms with Crippen LogP contribution in [0.5, 0.6) is 0 Å². The third-order valence-corrected chi connectivity index (χ3v) is 2.51. The maximum atomic E-state index is 9.18. The van der Waals surface area contributed by atoms with Crippen LogP contribution in [-0.2, 0) is 0 Å². The maximum Gasteiger partial charge on any atom is 0.0599 e. The highest BCUT2D eigenvalue weighted by Gasteiger charge is 2.21. The fourth-order valence-corrected chi connectivity index (χ4v) is 1.81. The minimum absolute atomic E-state index is 0.230. The molecule has 13 heavy (non-hydrogen) atoms. The molecule has 0 radical (unpaired) electrons. The largest absolute Gasteiger partial charge is 0.395 e. The molecule has 0 aromatic rings. The second kappa shape index (κ2) is 5.37. The lowest BCUT2D eigenvalue weighted by Crippen LogP contribution is -2.42. The number of aliphatic hydroxyl groups is 1. The average Bonchev–Trinajstić information content (AvgIpc) is 2.28. The van der Waals surface area contributed by atoms with Gasteiger partial charge in [0.1, 0.15) is 0 Å². The van der Waals surface area contributed by atoms with Crippen LogP contribution in [0.4, 0.5) is 0 Å². The molecular formula is C10H20N2O. The summed E-state index contributed by atoms with van der Waals surface area (Å²) in [6.07, 6.45) is 1.90. The van der Waals surface area contributed by atoms with Crippen LogP contribution in [0.1, 0.15) is 6.92 Å². The molecule has 3 nitrogen and oxygen atoms in total. The van der Waals surface area contributed by atoms with Crippen molar-refractivity contribution in [2.24, 2.45) is 5.92 Å². The zero-order valence-corrected chi connectivity index (χ0v) is 8.37. The van der Waals surface area contributed by atoms with Crippen molar-refractivity contribution >= 4 is 0 Å². The number of hydrogen-bond donors (Lipinski definition) is 2. The van der Waals surface area contributed by atoms with Gasteiger partial charge in [0.2, 0.25) is 0 Å². The SMILES string of the molecule is C=CCN1CC(C)CNCC1CO. The van der Waals surface area contributed by atoms with Crippen molar-refractivity contribution in [2.45, 2.75) is 13.0 Å². The second-order valence-corrected chi connectivity index (χ2v) is 3.84. The topological polar surface area (TPSA) is 35.5 Å². The lowest BCUT2D eigenvalue weighted by Gasteiger charge is -2.27. The standard InChI is InChI=1S/C10H20N2O/c1-3-4-12-7-9(2)5-11-6-10(12)8-13/h3,9-11,13H,1,4-8H2,2H3. The molecule has 0 aliphatic carbocycles. The Morgan fingerprint density at radius 1 is 1.62 bits per heavy atom. The van der Waals surface area contributed by atoms with E-state index < -0.39 is 0 Å². The molecule has 1 aliphatic heterocycles. The molecule has 1 heterocycles. The fraction of sp³-hybridized carbons (Fsp3) is 0.800.